The Labute approximate surface area is 154 Å². The second-order valence-corrected chi connectivity index (χ2v) is 6.79. The molecule has 136 valence electrons. The minimum absolute atomic E-state index is 0.00319. The van der Waals surface area contributed by atoms with Crippen LogP contribution in [-0.4, -0.2) is 36.3 Å². The molecular weight excluding hydrogens is 326 g/mol. The van der Waals surface area contributed by atoms with Crippen molar-refractivity contribution in [1.82, 2.24) is 4.90 Å². The lowest BCUT2D eigenvalue weighted by atomic mass is 10.1. The van der Waals surface area contributed by atoms with E-state index >= 15 is 0 Å². The maximum absolute atomic E-state index is 12.3. The third-order valence-electron chi connectivity index (χ3n) is 4.52. The molecule has 1 fully saturated rings. The Morgan fingerprint density at radius 2 is 1.58 bits per heavy atom. The predicted molar refractivity (Wildman–Crippen MR) is 104 cm³/mol. The number of nitrogens with zero attached hydrogens (tertiary/aromatic N) is 1. The van der Waals surface area contributed by atoms with E-state index in [1.807, 2.05) is 25.1 Å². The third kappa shape index (κ3) is 5.17. The summed E-state index contributed by atoms with van der Waals surface area (Å²) in [7, 11) is 0. The minimum atomic E-state index is -0.143. The van der Waals surface area contributed by atoms with Crippen LogP contribution in [0.3, 0.4) is 0 Å². The van der Waals surface area contributed by atoms with Gasteiger partial charge in [-0.1, -0.05) is 24.1 Å². The van der Waals surface area contributed by atoms with E-state index in [0.29, 0.717) is 17.8 Å². The number of hydrogen-bond acceptors (Lipinski definition) is 3. The van der Waals surface area contributed by atoms with Gasteiger partial charge >= 0.3 is 0 Å². The highest BCUT2D eigenvalue weighted by molar-refractivity contribution is 6.04. The first-order chi connectivity index (χ1) is 12.6. The van der Waals surface area contributed by atoms with E-state index < -0.39 is 0 Å². The molecule has 0 radical (unpaired) electrons. The lowest BCUT2D eigenvalue weighted by molar-refractivity contribution is -0.117. The van der Waals surface area contributed by atoms with Gasteiger partial charge in [0.05, 0.1) is 6.54 Å². The molecule has 0 aliphatic carbocycles. The Balaban J connectivity index is 1.53. The zero-order chi connectivity index (χ0) is 18.4. The maximum Gasteiger partial charge on any atom is 0.255 e. The minimum Gasteiger partial charge on any atom is -0.325 e. The van der Waals surface area contributed by atoms with Crippen molar-refractivity contribution in [2.75, 3.05) is 30.3 Å². The van der Waals surface area contributed by atoms with Gasteiger partial charge in [-0.2, -0.15) is 0 Å². The zero-order valence-corrected chi connectivity index (χ0v) is 15.1. The molecule has 1 saturated heterocycles. The van der Waals surface area contributed by atoms with Crippen LogP contribution < -0.4 is 10.6 Å². The van der Waals surface area contributed by atoms with Crippen molar-refractivity contribution in [2.45, 2.75) is 26.2 Å². The lowest BCUT2D eigenvalue weighted by Crippen LogP contribution is -2.36. The Kier molecular flexibility index (Phi) is 6.02. The number of benzene rings is 2. The summed E-state index contributed by atoms with van der Waals surface area (Å²) < 4.78 is 0. The molecule has 5 nitrogen and oxygen atoms in total. The average Bonchev–Trinajstić information content (AvgIpc) is 2.64. The maximum atomic E-state index is 12.3. The summed E-state index contributed by atoms with van der Waals surface area (Å²) in [6.07, 6.45) is 3.60. The summed E-state index contributed by atoms with van der Waals surface area (Å²) in [6, 6.07) is 14.7. The fraction of sp³-hybridized carbons (Fsp3) is 0.333. The van der Waals surface area contributed by atoms with Crippen molar-refractivity contribution in [1.29, 1.82) is 0 Å². The van der Waals surface area contributed by atoms with Crippen LogP contribution in [0, 0.1) is 6.92 Å². The van der Waals surface area contributed by atoms with Crippen LogP contribution in [0.4, 0.5) is 11.4 Å². The largest absolute Gasteiger partial charge is 0.325 e. The van der Waals surface area contributed by atoms with Gasteiger partial charge in [0.15, 0.2) is 0 Å². The van der Waals surface area contributed by atoms with Crippen LogP contribution in [0.25, 0.3) is 0 Å². The second-order valence-electron chi connectivity index (χ2n) is 6.79. The molecule has 0 atom stereocenters. The summed E-state index contributed by atoms with van der Waals surface area (Å²) in [4.78, 5) is 26.6. The number of carbonyl (C=O) groups excluding carboxylic acids is 2. The molecule has 2 N–H and O–H groups in total. The molecule has 0 unspecified atom stereocenters. The first kappa shape index (κ1) is 18.1. The van der Waals surface area contributed by atoms with Gasteiger partial charge in [-0.3, -0.25) is 14.5 Å². The molecule has 5 heteroatoms. The summed E-state index contributed by atoms with van der Waals surface area (Å²) in [6.45, 7) is 4.39. The van der Waals surface area contributed by atoms with Gasteiger partial charge in [0.25, 0.3) is 5.91 Å². The van der Waals surface area contributed by atoms with Crippen LogP contribution in [0.2, 0.25) is 0 Å². The Hall–Kier alpha value is -2.66. The number of aryl methyl sites for hydroxylation is 1. The number of piperidine rings is 1. The quantitative estimate of drug-likeness (QED) is 0.864. The molecular formula is C21H25N3O2. The summed E-state index contributed by atoms with van der Waals surface area (Å²) in [5, 5.41) is 5.79. The van der Waals surface area contributed by atoms with Gasteiger partial charge in [0, 0.05) is 16.9 Å². The highest BCUT2D eigenvalue weighted by atomic mass is 16.2. The molecule has 0 spiro atoms. The number of likely N-dealkylation sites (tertiary alicyclic amines) is 1. The molecule has 3 rings (SSSR count). The molecule has 2 amide bonds. The molecule has 1 aliphatic rings. The zero-order valence-electron chi connectivity index (χ0n) is 15.1. The topological polar surface area (TPSA) is 61.4 Å². The van der Waals surface area contributed by atoms with Crippen molar-refractivity contribution in [3.63, 3.8) is 0 Å². The summed E-state index contributed by atoms with van der Waals surface area (Å²) in [5.41, 5.74) is 3.11. The number of rotatable bonds is 5. The van der Waals surface area contributed by atoms with Crippen molar-refractivity contribution >= 4 is 23.2 Å². The second kappa shape index (κ2) is 8.63. The van der Waals surface area contributed by atoms with Crippen LogP contribution in [0.5, 0.6) is 0 Å². The van der Waals surface area contributed by atoms with Crippen molar-refractivity contribution in [3.05, 3.63) is 59.7 Å². The van der Waals surface area contributed by atoms with E-state index in [1.165, 1.54) is 19.3 Å². The van der Waals surface area contributed by atoms with Gasteiger partial charge < -0.3 is 10.6 Å². The molecule has 26 heavy (non-hydrogen) atoms. The van der Waals surface area contributed by atoms with Crippen molar-refractivity contribution in [2.24, 2.45) is 0 Å². The standard InChI is InChI=1S/C21H25N3O2/c1-16-6-5-7-17(14-16)21(26)23-19-10-8-18(9-11-19)22-20(25)15-24-12-3-2-4-13-24/h5-11,14H,2-4,12-13,15H2,1H3,(H,22,25)(H,23,26). The van der Waals surface area contributed by atoms with Crippen LogP contribution in [-0.2, 0) is 4.79 Å². The van der Waals surface area contributed by atoms with Crippen LogP contribution >= 0.6 is 0 Å². The molecule has 2 aromatic rings. The number of nitrogens with one attached hydrogen (secondary N) is 2. The highest BCUT2D eigenvalue weighted by Gasteiger charge is 2.14. The van der Waals surface area contributed by atoms with E-state index in [9.17, 15) is 9.59 Å². The Bertz CT molecular complexity index is 765. The SMILES string of the molecule is Cc1cccc(C(=O)Nc2ccc(NC(=O)CN3CCCCC3)cc2)c1. The molecule has 1 aliphatic heterocycles. The fourth-order valence-electron chi connectivity index (χ4n) is 3.15. The fourth-order valence-corrected chi connectivity index (χ4v) is 3.15. The Morgan fingerprint density at radius 3 is 2.23 bits per heavy atom. The molecule has 0 saturated carbocycles. The summed E-state index contributed by atoms with van der Waals surface area (Å²) >= 11 is 0. The van der Waals surface area contributed by atoms with Gasteiger partial charge in [-0.05, 0) is 69.3 Å². The van der Waals surface area contributed by atoms with Crippen LogP contribution in [0.1, 0.15) is 35.2 Å². The molecule has 1 heterocycles. The molecule has 0 bridgehead atoms. The van der Waals surface area contributed by atoms with Gasteiger partial charge in [-0.25, -0.2) is 0 Å². The van der Waals surface area contributed by atoms with Gasteiger partial charge in [0.2, 0.25) is 5.91 Å². The first-order valence-electron chi connectivity index (χ1n) is 9.10. The van der Waals surface area contributed by atoms with E-state index in [1.54, 1.807) is 30.3 Å². The Morgan fingerprint density at radius 1 is 0.923 bits per heavy atom. The number of carbonyl (C=O) groups is 2. The third-order valence-corrected chi connectivity index (χ3v) is 4.52. The normalized spacial score (nSPS) is 14.7. The van der Waals surface area contributed by atoms with Crippen molar-refractivity contribution in [3.8, 4) is 0 Å². The van der Waals surface area contributed by atoms with E-state index in [2.05, 4.69) is 15.5 Å². The number of amides is 2. The van der Waals surface area contributed by atoms with E-state index in [0.717, 1.165) is 24.3 Å². The monoisotopic (exact) mass is 351 g/mol. The smallest absolute Gasteiger partial charge is 0.255 e. The first-order valence-corrected chi connectivity index (χ1v) is 9.10. The van der Waals surface area contributed by atoms with Crippen LogP contribution in [0.15, 0.2) is 48.5 Å². The highest BCUT2D eigenvalue weighted by Crippen LogP contribution is 2.16. The van der Waals surface area contributed by atoms with Gasteiger partial charge in [-0.15, -0.1) is 0 Å². The summed E-state index contributed by atoms with van der Waals surface area (Å²) in [5.74, 6) is -0.140. The number of anilines is 2. The average molecular weight is 351 g/mol. The molecule has 0 aromatic heterocycles. The molecule has 2 aromatic carbocycles. The predicted octanol–water partition coefficient (Wildman–Crippen LogP) is 3.67. The van der Waals surface area contributed by atoms with E-state index in [-0.39, 0.29) is 11.8 Å². The van der Waals surface area contributed by atoms with Crippen molar-refractivity contribution < 1.29 is 9.59 Å². The number of hydrogen-bond donors (Lipinski definition) is 2. The van der Waals surface area contributed by atoms with Gasteiger partial charge in [0.1, 0.15) is 0 Å². The lowest BCUT2D eigenvalue weighted by Gasteiger charge is -2.25. The van der Waals surface area contributed by atoms with E-state index in [4.69, 9.17) is 0 Å².